The Morgan fingerprint density at radius 3 is 2.46 bits per heavy atom. The van der Waals surface area contributed by atoms with Crippen LogP contribution in [-0.2, 0) is 21.7 Å². The molecular formula is C35H47N9O4. The summed E-state index contributed by atoms with van der Waals surface area (Å²) in [5.41, 5.74) is 8.93. The number of carbonyl (C=O) groups is 4. The minimum absolute atomic E-state index is 0.132. The van der Waals surface area contributed by atoms with Gasteiger partial charge in [0.2, 0.25) is 11.8 Å². The molecule has 1 aromatic heterocycles. The van der Waals surface area contributed by atoms with Crippen LogP contribution in [0.5, 0.6) is 0 Å². The number of aromatic nitrogens is 1. The molecule has 4 fully saturated rings. The van der Waals surface area contributed by atoms with E-state index in [4.69, 9.17) is 10.7 Å². The molecule has 7 rings (SSSR count). The molecule has 5 aliphatic rings. The van der Waals surface area contributed by atoms with Gasteiger partial charge in [0.25, 0.3) is 5.91 Å². The number of nitrogens with two attached hydrogens (primary N) is 1. The lowest BCUT2D eigenvalue weighted by Crippen LogP contribution is -2.63. The van der Waals surface area contributed by atoms with Crippen molar-refractivity contribution in [2.75, 3.05) is 68.7 Å². The second kappa shape index (κ2) is 13.0. The van der Waals surface area contributed by atoms with Crippen molar-refractivity contribution < 1.29 is 19.2 Å². The summed E-state index contributed by atoms with van der Waals surface area (Å²) >= 11 is 0. The number of nitrogens with one attached hydrogen (secondary N) is 2. The summed E-state index contributed by atoms with van der Waals surface area (Å²) in [7, 11) is 0. The highest BCUT2D eigenvalue weighted by Crippen LogP contribution is 2.33. The number of imide groups is 1. The average molecular weight is 658 g/mol. The van der Waals surface area contributed by atoms with Crippen LogP contribution in [0.4, 0.5) is 16.3 Å². The number of primary amides is 1. The summed E-state index contributed by atoms with van der Waals surface area (Å²) in [4.78, 5) is 64.8. The van der Waals surface area contributed by atoms with E-state index in [0.717, 1.165) is 81.3 Å². The van der Waals surface area contributed by atoms with Crippen LogP contribution in [0.3, 0.4) is 0 Å². The van der Waals surface area contributed by atoms with E-state index in [1.807, 2.05) is 25.3 Å². The molecule has 13 heteroatoms. The van der Waals surface area contributed by atoms with Gasteiger partial charge in [-0.2, -0.15) is 0 Å². The number of hydrogen-bond acceptors (Lipinski definition) is 9. The predicted octanol–water partition coefficient (Wildman–Crippen LogP) is 1.47. The molecule has 48 heavy (non-hydrogen) atoms. The number of carbonyl (C=O) groups excluding carboxylic acids is 4. The fraction of sp³-hybridized carbons (Fsp3) is 0.571. The Balaban J connectivity index is 0.882. The maximum absolute atomic E-state index is 13.1. The topological polar surface area (TPSA) is 147 Å². The third-order valence-corrected chi connectivity index (χ3v) is 11.2. The van der Waals surface area contributed by atoms with Crippen LogP contribution in [0.25, 0.3) is 0 Å². The van der Waals surface area contributed by atoms with E-state index in [1.54, 1.807) is 9.80 Å². The van der Waals surface area contributed by atoms with Gasteiger partial charge in [0.1, 0.15) is 11.9 Å². The molecule has 3 atom stereocenters. The molecule has 0 spiro atoms. The monoisotopic (exact) mass is 657 g/mol. The number of fused-ring (bicyclic) bond motifs is 1. The number of piperazine rings is 2. The average Bonchev–Trinajstić information content (AvgIpc) is 3.41. The van der Waals surface area contributed by atoms with Gasteiger partial charge in [-0.05, 0) is 74.4 Å². The van der Waals surface area contributed by atoms with Crippen LogP contribution in [0.2, 0.25) is 0 Å². The van der Waals surface area contributed by atoms with Crippen molar-refractivity contribution in [1.82, 2.24) is 30.3 Å². The third kappa shape index (κ3) is 6.21. The highest BCUT2D eigenvalue weighted by molar-refractivity contribution is 6.05. The second-order valence-corrected chi connectivity index (χ2v) is 14.4. The van der Waals surface area contributed by atoms with Crippen LogP contribution in [-0.4, -0.2) is 114 Å². The number of benzene rings is 1. The van der Waals surface area contributed by atoms with Crippen molar-refractivity contribution in [3.63, 3.8) is 0 Å². The summed E-state index contributed by atoms with van der Waals surface area (Å²) in [5.74, 6) is 0.843. The van der Waals surface area contributed by atoms with Gasteiger partial charge in [0, 0.05) is 95.4 Å². The highest BCUT2D eigenvalue weighted by atomic mass is 16.2. The lowest BCUT2D eigenvalue weighted by molar-refractivity contribution is -0.136. The van der Waals surface area contributed by atoms with Crippen molar-refractivity contribution in [1.29, 1.82) is 0 Å². The zero-order chi connectivity index (χ0) is 33.6. The van der Waals surface area contributed by atoms with E-state index >= 15 is 0 Å². The van der Waals surface area contributed by atoms with Crippen LogP contribution in [0.15, 0.2) is 36.5 Å². The SMILES string of the molecule is CC1CN(C(N)=O)C(C)(c2ccc(N3CCC(CN4CCN(c5ccc6c(c5)CN([C@H]5CCC(=O)NC5=O)C6=O)CC4)CC3)nc2)CN1. The molecule has 4 N–H and O–H groups in total. The van der Waals surface area contributed by atoms with Gasteiger partial charge in [0.05, 0.1) is 5.54 Å². The van der Waals surface area contributed by atoms with E-state index in [2.05, 4.69) is 50.5 Å². The maximum Gasteiger partial charge on any atom is 0.315 e. The van der Waals surface area contributed by atoms with E-state index < -0.39 is 17.6 Å². The fourth-order valence-electron chi connectivity index (χ4n) is 8.15. The third-order valence-electron chi connectivity index (χ3n) is 11.2. The number of rotatable bonds is 6. The Labute approximate surface area is 281 Å². The first-order valence-electron chi connectivity index (χ1n) is 17.4. The number of piperidine rings is 2. The molecule has 13 nitrogen and oxygen atoms in total. The van der Waals surface area contributed by atoms with Crippen LogP contribution in [0.1, 0.15) is 61.0 Å². The normalized spacial score (nSPS) is 27.3. The molecule has 256 valence electrons. The molecule has 2 aromatic rings. The van der Waals surface area contributed by atoms with Gasteiger partial charge in [-0.1, -0.05) is 6.07 Å². The Kier molecular flexibility index (Phi) is 8.75. The Bertz CT molecular complexity index is 1570. The molecular weight excluding hydrogens is 610 g/mol. The molecule has 0 aliphatic carbocycles. The van der Waals surface area contributed by atoms with Crippen LogP contribution < -0.4 is 26.2 Å². The first kappa shape index (κ1) is 32.3. The number of urea groups is 1. The van der Waals surface area contributed by atoms with Crippen LogP contribution >= 0.6 is 0 Å². The molecule has 5 aliphatic heterocycles. The number of pyridine rings is 1. The lowest BCUT2D eigenvalue weighted by Gasteiger charge is -2.46. The van der Waals surface area contributed by atoms with Crippen molar-refractivity contribution >= 4 is 35.3 Å². The van der Waals surface area contributed by atoms with Gasteiger partial charge in [-0.3, -0.25) is 24.6 Å². The quantitative estimate of drug-likeness (QED) is 0.393. The molecule has 0 saturated carbocycles. The van der Waals surface area contributed by atoms with E-state index in [-0.39, 0.29) is 30.2 Å². The van der Waals surface area contributed by atoms with Crippen molar-refractivity contribution in [3.05, 3.63) is 53.2 Å². The molecule has 4 saturated heterocycles. The first-order chi connectivity index (χ1) is 23.1. The lowest BCUT2D eigenvalue weighted by atomic mass is 9.88. The van der Waals surface area contributed by atoms with Crippen molar-refractivity contribution in [2.45, 2.75) is 63.7 Å². The molecule has 5 amide bonds. The first-order valence-corrected chi connectivity index (χ1v) is 17.4. The van der Waals surface area contributed by atoms with Crippen molar-refractivity contribution in [3.8, 4) is 0 Å². The number of nitrogens with zero attached hydrogens (tertiary/aromatic N) is 6. The largest absolute Gasteiger partial charge is 0.369 e. The standard InChI is InChI=1S/C35H47N9O4/c1-23-19-44(34(36)48)35(2,22-38-23)26-3-7-30(37-18-26)42-11-9-24(10-12-42)20-40-13-15-41(16-14-40)27-4-5-28-25(17-27)21-43(33(28)47)29-6-8-31(45)39-32(29)46/h3-5,7,17-18,23-24,29,38H,6,8-16,19-22H2,1-2H3,(H2,36,48)(H,39,45,46)/t23?,29-,35?/m0/s1. The number of anilines is 2. The summed E-state index contributed by atoms with van der Waals surface area (Å²) in [5, 5.41) is 5.85. The van der Waals surface area contributed by atoms with Gasteiger partial charge in [0.15, 0.2) is 0 Å². The summed E-state index contributed by atoms with van der Waals surface area (Å²) in [6.45, 7) is 12.6. The zero-order valence-corrected chi connectivity index (χ0v) is 28.0. The van der Waals surface area contributed by atoms with Gasteiger partial charge >= 0.3 is 6.03 Å². The molecule has 0 radical (unpaired) electrons. The predicted molar refractivity (Wildman–Crippen MR) is 181 cm³/mol. The molecule has 2 unspecified atom stereocenters. The van der Waals surface area contributed by atoms with Gasteiger partial charge < -0.3 is 30.7 Å². The maximum atomic E-state index is 13.1. The van der Waals surface area contributed by atoms with Crippen molar-refractivity contribution in [2.24, 2.45) is 11.7 Å². The smallest absolute Gasteiger partial charge is 0.315 e. The zero-order valence-electron chi connectivity index (χ0n) is 28.0. The van der Waals surface area contributed by atoms with Gasteiger partial charge in [-0.15, -0.1) is 0 Å². The number of hydrogen-bond donors (Lipinski definition) is 3. The molecule has 0 bridgehead atoms. The minimum atomic E-state index is -0.592. The van der Waals surface area contributed by atoms with Crippen LogP contribution in [0, 0.1) is 5.92 Å². The Morgan fingerprint density at radius 2 is 1.77 bits per heavy atom. The Hall–Kier alpha value is -4.23. The van der Waals surface area contributed by atoms with E-state index in [9.17, 15) is 19.2 Å². The van der Waals surface area contributed by atoms with E-state index in [1.165, 1.54) is 0 Å². The number of amides is 5. The van der Waals surface area contributed by atoms with E-state index in [0.29, 0.717) is 37.5 Å². The summed E-state index contributed by atoms with van der Waals surface area (Å²) in [6.07, 6.45) is 4.79. The minimum Gasteiger partial charge on any atom is -0.369 e. The van der Waals surface area contributed by atoms with Gasteiger partial charge in [-0.25, -0.2) is 9.78 Å². The second-order valence-electron chi connectivity index (χ2n) is 14.4. The summed E-state index contributed by atoms with van der Waals surface area (Å²) in [6, 6.07) is 9.40. The molecule has 1 aromatic carbocycles. The Morgan fingerprint density at radius 1 is 1.00 bits per heavy atom. The highest BCUT2D eigenvalue weighted by Gasteiger charge is 2.41. The molecule has 6 heterocycles. The fourth-order valence-corrected chi connectivity index (χ4v) is 8.15. The summed E-state index contributed by atoms with van der Waals surface area (Å²) < 4.78 is 0.